The molecule has 0 N–H and O–H groups in total. The van der Waals surface area contributed by atoms with Crippen molar-refractivity contribution >= 4 is 122 Å². The van der Waals surface area contributed by atoms with Crippen molar-refractivity contribution in [2.45, 2.75) is 81.1 Å². The average Bonchev–Trinajstić information content (AvgIpc) is 3.42. The normalized spacial score (nSPS) is 16.8. The minimum Gasteiger partial charge on any atom is -0.455 e. The number of rotatable bonds is 9. The lowest BCUT2D eigenvalue weighted by Crippen LogP contribution is -2.43. The fourth-order valence-electron chi connectivity index (χ4n) is 13.9. The Morgan fingerprint density at radius 3 is 1.57 bits per heavy atom. The molecule has 0 unspecified atom stereocenters. The molecule has 11 nitrogen and oxygen atoms in total. The first-order chi connectivity index (χ1) is 39.1. The molecule has 12 aromatic rings. The number of nitrogens with zero attached hydrogens (tertiary/aromatic N) is 6. The average molecular weight is 1060 g/mol. The summed E-state index contributed by atoms with van der Waals surface area (Å²) in [7, 11) is 0. The second kappa shape index (κ2) is 17.6. The zero-order chi connectivity index (χ0) is 56.1. The van der Waals surface area contributed by atoms with E-state index in [0.29, 0.717) is 75.9 Å². The molecule has 4 amide bonds. The van der Waals surface area contributed by atoms with Gasteiger partial charge in [0.15, 0.2) is 11.6 Å². The van der Waals surface area contributed by atoms with Crippen LogP contribution >= 0.6 is 0 Å². The van der Waals surface area contributed by atoms with E-state index in [1.807, 2.05) is 146 Å². The summed E-state index contributed by atoms with van der Waals surface area (Å²) in [5.41, 5.74) is 4.04. The third-order valence-corrected chi connectivity index (χ3v) is 19.3. The summed E-state index contributed by atoms with van der Waals surface area (Å²) in [6, 6.07) is 52.8. The molecule has 14 rings (SSSR count). The fraction of sp³-hybridized carbons (Fsp3) is 0.229. The second-order valence-corrected chi connectivity index (χ2v) is 23.2. The van der Waals surface area contributed by atoms with E-state index < -0.39 is 21.7 Å². The van der Waals surface area contributed by atoms with Gasteiger partial charge in [0.1, 0.15) is 22.6 Å². The molecule has 2 fully saturated rings. The van der Waals surface area contributed by atoms with Crippen LogP contribution in [0.2, 0.25) is 0 Å². The van der Waals surface area contributed by atoms with Gasteiger partial charge in [-0.3, -0.25) is 19.2 Å². The first kappa shape index (κ1) is 50.0. The molecule has 2 aliphatic heterocycles. The third kappa shape index (κ3) is 6.69. The van der Waals surface area contributed by atoms with Gasteiger partial charge in [-0.25, -0.2) is 29.7 Å². The number of furan rings is 1. The quantitative estimate of drug-likeness (QED) is 0.0785. The largest absolute Gasteiger partial charge is 0.455 e. The SMILES string of the molecule is CCC1(CC)C(=O)N(c2nc3cc4c5cc(-c6ccc7oc8c(-c9nc%10ccc%11ccccc%11c%10nc9N9C(=O)C(C)(C)C(C)(C)C9=O)cccc8c7c6)ccc5c5ccccc5c4cc3nc2-c2ccccc2)C(=O)C1(CC)CC. The predicted octanol–water partition coefficient (Wildman–Crippen LogP) is 16.5. The highest BCUT2D eigenvalue weighted by atomic mass is 16.3. The van der Waals surface area contributed by atoms with E-state index in [9.17, 15) is 9.59 Å². The molecule has 0 atom stereocenters. The van der Waals surface area contributed by atoms with E-state index in [0.717, 1.165) is 70.6 Å². The van der Waals surface area contributed by atoms with Crippen LogP contribution in [0.4, 0.5) is 11.6 Å². The standard InChI is InChI=1S/C70H58N6O5/c1-9-69(10-2)65(79)76(66(80)70(69,11-3)12-4)61-57(40-22-14-13-15-23-40)72-54-37-50-45-26-19-18-25-44(45)46-32-29-41(35-49(46)51(50)38-55(54)73-61)42-31-34-56-52(36-42)47-27-20-28-48(60(47)81-56)59-62(75-63(77)67(5,6)68(7,8)64(75)78)74-58-43-24-17-16-21-39(43)30-33-53(58)71-59/h13-38H,9-12H2,1-8H3. The lowest BCUT2D eigenvalue weighted by atomic mass is 9.59. The molecule has 2 aliphatic rings. The summed E-state index contributed by atoms with van der Waals surface area (Å²) >= 11 is 0. The van der Waals surface area contributed by atoms with Crippen molar-refractivity contribution in [1.29, 1.82) is 0 Å². The molecule has 0 radical (unpaired) electrons. The van der Waals surface area contributed by atoms with E-state index in [1.54, 1.807) is 0 Å². The lowest BCUT2D eigenvalue weighted by Gasteiger charge is -2.39. The van der Waals surface area contributed by atoms with Gasteiger partial charge in [-0.1, -0.05) is 143 Å². The Kier molecular flexibility index (Phi) is 10.9. The molecule has 9 aromatic carbocycles. The number of imide groups is 2. The zero-order valence-electron chi connectivity index (χ0n) is 46.6. The van der Waals surface area contributed by atoms with E-state index in [1.165, 1.54) is 9.80 Å². The molecule has 5 heterocycles. The Labute approximate surface area is 467 Å². The van der Waals surface area contributed by atoms with Crippen LogP contribution in [0.5, 0.6) is 0 Å². The monoisotopic (exact) mass is 1060 g/mol. The Hall–Kier alpha value is -9.22. The highest BCUT2D eigenvalue weighted by molar-refractivity contribution is 6.30. The molecule has 0 aliphatic carbocycles. The van der Waals surface area contributed by atoms with Gasteiger partial charge in [-0.15, -0.1) is 0 Å². The number of fused-ring (bicyclic) bond motifs is 13. The smallest absolute Gasteiger partial charge is 0.242 e. The van der Waals surface area contributed by atoms with Gasteiger partial charge in [0.2, 0.25) is 23.6 Å². The molecular formula is C70H58N6O5. The van der Waals surface area contributed by atoms with Crippen molar-refractivity contribution in [3.05, 3.63) is 158 Å². The van der Waals surface area contributed by atoms with E-state index >= 15 is 9.59 Å². The van der Waals surface area contributed by atoms with Crippen molar-refractivity contribution in [2.24, 2.45) is 21.7 Å². The topological polar surface area (TPSA) is 139 Å². The van der Waals surface area contributed by atoms with Gasteiger partial charge >= 0.3 is 0 Å². The number of hydrogen-bond acceptors (Lipinski definition) is 9. The zero-order valence-corrected chi connectivity index (χ0v) is 46.6. The summed E-state index contributed by atoms with van der Waals surface area (Å²) in [6.45, 7) is 15.4. The highest BCUT2D eigenvalue weighted by Gasteiger charge is 2.66. The number of amides is 4. The van der Waals surface area contributed by atoms with Crippen LogP contribution in [0.25, 0.3) is 121 Å². The predicted molar refractivity (Wildman–Crippen MR) is 325 cm³/mol. The van der Waals surface area contributed by atoms with Gasteiger partial charge < -0.3 is 4.42 Å². The maximum absolute atomic E-state index is 15.1. The number of aromatic nitrogens is 4. The summed E-state index contributed by atoms with van der Waals surface area (Å²) < 4.78 is 6.81. The molecule has 3 aromatic heterocycles. The molecule has 0 spiro atoms. The molecular weight excluding hydrogens is 1000 g/mol. The Morgan fingerprint density at radius 2 is 0.901 bits per heavy atom. The summed E-state index contributed by atoms with van der Waals surface area (Å²) in [4.78, 5) is 82.9. The Bertz CT molecular complexity index is 4710. The molecule has 398 valence electrons. The molecule has 11 heteroatoms. The van der Waals surface area contributed by atoms with Crippen molar-refractivity contribution in [3.8, 4) is 33.6 Å². The molecule has 81 heavy (non-hydrogen) atoms. The Balaban J connectivity index is 0.948. The second-order valence-electron chi connectivity index (χ2n) is 23.2. The summed E-state index contributed by atoms with van der Waals surface area (Å²) in [6.07, 6.45) is 2.14. The number of carbonyl (C=O) groups is 4. The van der Waals surface area contributed by atoms with Crippen molar-refractivity contribution in [3.63, 3.8) is 0 Å². The minimum atomic E-state index is -1.01. The van der Waals surface area contributed by atoms with E-state index in [-0.39, 0.29) is 35.3 Å². The van der Waals surface area contributed by atoms with Crippen LogP contribution < -0.4 is 9.80 Å². The highest BCUT2D eigenvalue weighted by Crippen LogP contribution is 2.58. The molecule has 0 bridgehead atoms. The van der Waals surface area contributed by atoms with Crippen LogP contribution in [-0.2, 0) is 19.2 Å². The Morgan fingerprint density at radius 1 is 0.395 bits per heavy atom. The van der Waals surface area contributed by atoms with Gasteiger partial charge in [0.25, 0.3) is 0 Å². The van der Waals surface area contributed by atoms with Gasteiger partial charge in [0, 0.05) is 27.3 Å². The van der Waals surface area contributed by atoms with Gasteiger partial charge in [-0.2, -0.15) is 0 Å². The van der Waals surface area contributed by atoms with Crippen LogP contribution in [0.15, 0.2) is 162 Å². The van der Waals surface area contributed by atoms with Gasteiger partial charge in [-0.05, 0) is 145 Å². The minimum absolute atomic E-state index is 0.173. The van der Waals surface area contributed by atoms with Crippen LogP contribution in [0, 0.1) is 21.7 Å². The maximum atomic E-state index is 15.1. The molecule has 2 saturated heterocycles. The van der Waals surface area contributed by atoms with E-state index in [2.05, 4.69) is 66.7 Å². The number of carbonyl (C=O) groups excluding carboxylic acids is 4. The summed E-state index contributed by atoms with van der Waals surface area (Å²) in [5.74, 6) is -0.669. The van der Waals surface area contributed by atoms with Gasteiger partial charge in [0.05, 0.1) is 43.7 Å². The van der Waals surface area contributed by atoms with E-state index in [4.69, 9.17) is 24.4 Å². The maximum Gasteiger partial charge on any atom is 0.242 e. The van der Waals surface area contributed by atoms with Crippen molar-refractivity contribution in [2.75, 3.05) is 9.80 Å². The van der Waals surface area contributed by atoms with Crippen molar-refractivity contribution < 1.29 is 23.6 Å². The first-order valence-electron chi connectivity index (χ1n) is 28.2. The first-order valence-corrected chi connectivity index (χ1v) is 28.2. The summed E-state index contributed by atoms with van der Waals surface area (Å²) in [5, 5.41) is 9.74. The lowest BCUT2D eigenvalue weighted by molar-refractivity contribution is -0.136. The number of para-hydroxylation sites is 1. The van der Waals surface area contributed by atoms with Crippen LogP contribution in [0.3, 0.4) is 0 Å². The van der Waals surface area contributed by atoms with Crippen molar-refractivity contribution in [1.82, 2.24) is 19.9 Å². The van der Waals surface area contributed by atoms with Crippen LogP contribution in [-0.4, -0.2) is 43.6 Å². The fourth-order valence-corrected chi connectivity index (χ4v) is 13.9. The number of hydrogen-bond donors (Lipinski definition) is 0. The molecule has 0 saturated carbocycles. The van der Waals surface area contributed by atoms with Crippen LogP contribution in [0.1, 0.15) is 81.1 Å². The third-order valence-electron chi connectivity index (χ3n) is 19.3. The number of benzene rings is 9. The number of anilines is 2.